The van der Waals surface area contributed by atoms with Crippen molar-refractivity contribution in [3.05, 3.63) is 47.5 Å². The van der Waals surface area contributed by atoms with Gasteiger partial charge >= 0.3 is 0 Å². The number of ether oxygens (including phenoxy) is 1. The first-order chi connectivity index (χ1) is 15.2. The van der Waals surface area contributed by atoms with E-state index < -0.39 is 0 Å². The van der Waals surface area contributed by atoms with Gasteiger partial charge in [-0.25, -0.2) is 0 Å². The van der Waals surface area contributed by atoms with Gasteiger partial charge in [-0.05, 0) is 24.5 Å². The van der Waals surface area contributed by atoms with Gasteiger partial charge in [0, 0.05) is 59.3 Å². The Kier molecular flexibility index (Phi) is 12.0. The Balaban J connectivity index is 0.00000363. The summed E-state index contributed by atoms with van der Waals surface area (Å²) in [5.41, 5.74) is 2.62. The van der Waals surface area contributed by atoms with E-state index in [-0.39, 0.29) is 24.0 Å². The molecule has 0 bridgehead atoms. The molecule has 3 rings (SSSR count). The Morgan fingerprint density at radius 1 is 1.22 bits per heavy atom. The summed E-state index contributed by atoms with van der Waals surface area (Å²) in [4.78, 5) is 9.60. The summed E-state index contributed by atoms with van der Waals surface area (Å²) in [6.07, 6.45) is 3.74. The third kappa shape index (κ3) is 8.32. The van der Waals surface area contributed by atoms with Crippen LogP contribution in [0, 0.1) is 6.92 Å². The Morgan fingerprint density at radius 2 is 2.00 bits per heavy atom. The van der Waals surface area contributed by atoms with Crippen LogP contribution in [0.5, 0.6) is 0 Å². The highest BCUT2D eigenvalue weighted by Gasteiger charge is 2.11. The predicted molar refractivity (Wildman–Crippen MR) is 140 cm³/mol. The van der Waals surface area contributed by atoms with E-state index in [0.29, 0.717) is 0 Å². The highest BCUT2D eigenvalue weighted by molar-refractivity contribution is 14.0. The molecule has 0 amide bonds. The second-order valence-electron chi connectivity index (χ2n) is 8.02. The normalized spacial score (nSPS) is 14.8. The van der Waals surface area contributed by atoms with E-state index >= 15 is 0 Å². The van der Waals surface area contributed by atoms with Gasteiger partial charge in [-0.2, -0.15) is 0 Å². The average Bonchev–Trinajstić information content (AvgIpc) is 3.25. The summed E-state index contributed by atoms with van der Waals surface area (Å²) in [5, 5.41) is 11.7. The predicted octanol–water partition coefficient (Wildman–Crippen LogP) is 2.57. The van der Waals surface area contributed by atoms with Crippen LogP contribution in [0.3, 0.4) is 0 Å². The molecule has 1 aromatic carbocycles. The van der Waals surface area contributed by atoms with Crippen molar-refractivity contribution in [1.82, 2.24) is 29.9 Å². The minimum Gasteiger partial charge on any atom is -0.379 e. The summed E-state index contributed by atoms with van der Waals surface area (Å²) in [6, 6.07) is 8.53. The van der Waals surface area contributed by atoms with Crippen molar-refractivity contribution in [3.8, 4) is 0 Å². The van der Waals surface area contributed by atoms with E-state index in [9.17, 15) is 0 Å². The highest BCUT2D eigenvalue weighted by Crippen LogP contribution is 2.10. The minimum absolute atomic E-state index is 0. The molecule has 2 aromatic rings. The second-order valence-corrected chi connectivity index (χ2v) is 8.02. The van der Waals surface area contributed by atoms with Crippen molar-refractivity contribution >= 4 is 29.9 Å². The van der Waals surface area contributed by atoms with Crippen molar-refractivity contribution in [3.63, 3.8) is 0 Å². The lowest BCUT2D eigenvalue weighted by molar-refractivity contribution is 0.0377. The summed E-state index contributed by atoms with van der Waals surface area (Å²) in [7, 11) is 2.11. The zero-order valence-corrected chi connectivity index (χ0v) is 22.0. The maximum Gasteiger partial charge on any atom is 0.194 e. The number of hydrogen-bond donors (Lipinski definition) is 1. The van der Waals surface area contributed by atoms with E-state index in [1.807, 2.05) is 0 Å². The Bertz CT molecular complexity index is 820. The number of hydrogen-bond acceptors (Lipinski definition) is 5. The van der Waals surface area contributed by atoms with Gasteiger partial charge in [-0.3, -0.25) is 9.89 Å². The third-order valence-corrected chi connectivity index (χ3v) is 5.68. The molecule has 2 heterocycles. The molecule has 1 aliphatic rings. The number of benzene rings is 1. The summed E-state index contributed by atoms with van der Waals surface area (Å²) in [5.74, 6) is 1.95. The molecule has 0 unspecified atom stereocenters. The van der Waals surface area contributed by atoms with Crippen molar-refractivity contribution < 1.29 is 4.74 Å². The Morgan fingerprint density at radius 3 is 2.75 bits per heavy atom. The highest BCUT2D eigenvalue weighted by atomic mass is 127. The number of aromatic nitrogens is 3. The summed E-state index contributed by atoms with van der Waals surface area (Å²) in [6.45, 7) is 12.3. The van der Waals surface area contributed by atoms with Crippen LogP contribution >= 0.6 is 24.0 Å². The first-order valence-corrected chi connectivity index (χ1v) is 11.4. The molecular formula is C23H38IN7O. The Labute approximate surface area is 209 Å². The van der Waals surface area contributed by atoms with Crippen molar-refractivity contribution in [2.24, 2.45) is 4.99 Å². The lowest BCUT2D eigenvalue weighted by atomic mass is 10.1. The van der Waals surface area contributed by atoms with Crippen LogP contribution in [0.4, 0.5) is 0 Å². The van der Waals surface area contributed by atoms with Gasteiger partial charge in [0.05, 0.1) is 13.2 Å². The van der Waals surface area contributed by atoms with Crippen LogP contribution in [-0.2, 0) is 24.2 Å². The van der Waals surface area contributed by atoms with Crippen LogP contribution in [0.2, 0.25) is 0 Å². The maximum atomic E-state index is 5.44. The topological polar surface area (TPSA) is 70.8 Å². The zero-order chi connectivity index (χ0) is 21.9. The maximum absolute atomic E-state index is 5.44. The summed E-state index contributed by atoms with van der Waals surface area (Å²) < 4.78 is 7.54. The van der Waals surface area contributed by atoms with Gasteiger partial charge in [-0.1, -0.05) is 31.2 Å². The largest absolute Gasteiger partial charge is 0.379 e. The van der Waals surface area contributed by atoms with E-state index in [1.54, 1.807) is 6.33 Å². The van der Waals surface area contributed by atoms with Crippen LogP contribution in [0.25, 0.3) is 0 Å². The lowest BCUT2D eigenvalue weighted by Gasteiger charge is -2.26. The van der Waals surface area contributed by atoms with Gasteiger partial charge in [0.1, 0.15) is 12.2 Å². The molecule has 8 nitrogen and oxygen atoms in total. The molecule has 0 saturated carbocycles. The molecule has 0 aliphatic carbocycles. The van der Waals surface area contributed by atoms with Crippen LogP contribution in [-0.4, -0.2) is 83.5 Å². The molecule has 1 aliphatic heterocycles. The molecule has 1 saturated heterocycles. The van der Waals surface area contributed by atoms with Gasteiger partial charge in [0.2, 0.25) is 0 Å². The SMILES string of the molecule is CCc1nncn1CCNC(=NCCCN1CCOCC1)N(C)Cc1ccccc1C.I. The summed E-state index contributed by atoms with van der Waals surface area (Å²) >= 11 is 0. The van der Waals surface area contributed by atoms with Crippen molar-refractivity contribution in [1.29, 1.82) is 0 Å². The van der Waals surface area contributed by atoms with Crippen molar-refractivity contribution in [2.45, 2.75) is 39.8 Å². The molecule has 0 spiro atoms. The number of aliphatic imine (C=N–C) groups is 1. The molecular weight excluding hydrogens is 517 g/mol. The number of nitrogens with one attached hydrogen (secondary N) is 1. The fraction of sp³-hybridized carbons (Fsp3) is 0.609. The molecule has 32 heavy (non-hydrogen) atoms. The molecule has 0 atom stereocenters. The first kappa shape index (κ1) is 26.5. The minimum atomic E-state index is 0. The molecule has 1 N–H and O–H groups in total. The number of nitrogens with zero attached hydrogens (tertiary/aromatic N) is 6. The van der Waals surface area contributed by atoms with Crippen LogP contribution in [0.1, 0.15) is 30.3 Å². The van der Waals surface area contributed by atoms with E-state index in [2.05, 4.69) is 75.0 Å². The molecule has 178 valence electrons. The third-order valence-electron chi connectivity index (χ3n) is 5.68. The average molecular weight is 556 g/mol. The standard InChI is InChI=1S/C23H37N7O.HI/c1-4-22-27-26-19-30(22)13-11-25-23(24-10-7-12-29-14-16-31-17-15-29)28(3)18-21-9-6-5-8-20(21)2;/h5-6,8-9,19H,4,7,10-18H2,1-3H3,(H,24,25);1H. The number of aryl methyl sites for hydroxylation is 2. The number of guanidine groups is 1. The second kappa shape index (κ2) is 14.4. The van der Waals surface area contributed by atoms with Crippen LogP contribution in [0.15, 0.2) is 35.6 Å². The smallest absolute Gasteiger partial charge is 0.194 e. The van der Waals surface area contributed by atoms with Gasteiger partial charge in [0.25, 0.3) is 0 Å². The van der Waals surface area contributed by atoms with Gasteiger partial charge < -0.3 is 19.5 Å². The zero-order valence-electron chi connectivity index (χ0n) is 19.7. The van der Waals surface area contributed by atoms with E-state index in [0.717, 1.165) is 83.7 Å². The fourth-order valence-corrected chi connectivity index (χ4v) is 3.76. The van der Waals surface area contributed by atoms with Gasteiger partial charge in [0.15, 0.2) is 5.96 Å². The Hall–Kier alpha value is -1.72. The van der Waals surface area contributed by atoms with Gasteiger partial charge in [-0.15, -0.1) is 34.2 Å². The molecule has 9 heteroatoms. The number of rotatable bonds is 10. The lowest BCUT2D eigenvalue weighted by Crippen LogP contribution is -2.40. The van der Waals surface area contributed by atoms with E-state index in [1.165, 1.54) is 11.1 Å². The molecule has 1 fully saturated rings. The first-order valence-electron chi connectivity index (χ1n) is 11.4. The monoisotopic (exact) mass is 555 g/mol. The fourth-order valence-electron chi connectivity index (χ4n) is 3.76. The molecule has 0 radical (unpaired) electrons. The molecule has 1 aromatic heterocycles. The number of morpholine rings is 1. The number of halogens is 1. The quantitative estimate of drug-likeness (QED) is 0.211. The van der Waals surface area contributed by atoms with E-state index in [4.69, 9.17) is 9.73 Å². The van der Waals surface area contributed by atoms with Crippen LogP contribution < -0.4 is 5.32 Å². The van der Waals surface area contributed by atoms with Crippen molar-refractivity contribution in [2.75, 3.05) is 53.0 Å².